The van der Waals surface area contributed by atoms with Crippen molar-refractivity contribution < 1.29 is 0 Å². The van der Waals surface area contributed by atoms with Gasteiger partial charge in [-0.3, -0.25) is 4.68 Å². The Balaban J connectivity index is 1.89. The lowest BCUT2D eigenvalue weighted by molar-refractivity contribution is 0.689. The van der Waals surface area contributed by atoms with E-state index in [1.165, 1.54) is 0 Å². The molecule has 0 unspecified atom stereocenters. The highest BCUT2D eigenvalue weighted by molar-refractivity contribution is 9.10. The molecule has 3 rings (SSSR count). The third-order valence-corrected chi connectivity index (χ3v) is 3.91. The first-order valence-electron chi connectivity index (χ1n) is 6.45. The Labute approximate surface area is 136 Å². The molecule has 0 saturated carbocycles. The molecule has 0 aliphatic heterocycles. The minimum atomic E-state index is 0.640. The number of halogens is 2. The van der Waals surface area contributed by atoms with Gasteiger partial charge in [0.15, 0.2) is 0 Å². The van der Waals surface area contributed by atoms with Crippen LogP contribution in [0.1, 0.15) is 5.56 Å². The van der Waals surface area contributed by atoms with E-state index >= 15 is 0 Å². The third-order valence-electron chi connectivity index (χ3n) is 3.14. The molecule has 0 aliphatic carbocycles. The SMILES string of the molecule is Nc1cn(Cc2cccc(Cl)c2)nc1-c1ccc(Br)cc1. The molecule has 0 radical (unpaired) electrons. The molecule has 0 atom stereocenters. The first kappa shape index (κ1) is 14.2. The highest BCUT2D eigenvalue weighted by Crippen LogP contribution is 2.25. The molecule has 0 aliphatic rings. The number of nitrogen functional groups attached to an aromatic ring is 1. The summed E-state index contributed by atoms with van der Waals surface area (Å²) in [6.07, 6.45) is 1.85. The second-order valence-corrected chi connectivity index (χ2v) is 6.12. The van der Waals surface area contributed by atoms with Gasteiger partial charge in [0.2, 0.25) is 0 Å². The maximum atomic E-state index is 6.07. The van der Waals surface area contributed by atoms with Crippen molar-refractivity contribution in [2.75, 3.05) is 5.73 Å². The minimum Gasteiger partial charge on any atom is -0.396 e. The fourth-order valence-corrected chi connectivity index (χ4v) is 2.65. The Morgan fingerprint density at radius 3 is 2.62 bits per heavy atom. The van der Waals surface area contributed by atoms with Crippen LogP contribution in [-0.2, 0) is 6.54 Å². The quantitative estimate of drug-likeness (QED) is 0.740. The zero-order chi connectivity index (χ0) is 14.8. The zero-order valence-corrected chi connectivity index (χ0v) is 13.5. The van der Waals surface area contributed by atoms with Gasteiger partial charge in [0, 0.05) is 21.3 Å². The number of hydrogen-bond acceptors (Lipinski definition) is 2. The summed E-state index contributed by atoms with van der Waals surface area (Å²) in [4.78, 5) is 0. The second kappa shape index (κ2) is 5.92. The molecule has 3 aromatic rings. The van der Waals surface area contributed by atoms with Gasteiger partial charge >= 0.3 is 0 Å². The maximum Gasteiger partial charge on any atom is 0.115 e. The zero-order valence-electron chi connectivity index (χ0n) is 11.1. The summed E-state index contributed by atoms with van der Waals surface area (Å²) in [5.41, 5.74) is 9.63. The van der Waals surface area contributed by atoms with Gasteiger partial charge in [-0.15, -0.1) is 0 Å². The van der Waals surface area contributed by atoms with Crippen LogP contribution in [0.3, 0.4) is 0 Å². The molecule has 1 aromatic heterocycles. The fraction of sp³-hybridized carbons (Fsp3) is 0.0625. The Kier molecular flexibility index (Phi) is 3.99. The van der Waals surface area contributed by atoms with Gasteiger partial charge in [-0.2, -0.15) is 5.10 Å². The number of nitrogens with zero attached hydrogens (tertiary/aromatic N) is 2. The van der Waals surface area contributed by atoms with Crippen LogP contribution < -0.4 is 5.73 Å². The van der Waals surface area contributed by atoms with Crippen molar-refractivity contribution in [1.29, 1.82) is 0 Å². The molecule has 0 bridgehead atoms. The van der Waals surface area contributed by atoms with E-state index in [0.717, 1.165) is 26.3 Å². The molecule has 3 nitrogen and oxygen atoms in total. The molecule has 0 fully saturated rings. The maximum absolute atomic E-state index is 6.07. The van der Waals surface area contributed by atoms with E-state index in [1.807, 2.05) is 59.4 Å². The summed E-state index contributed by atoms with van der Waals surface area (Å²) in [5, 5.41) is 5.29. The van der Waals surface area contributed by atoms with Gasteiger partial charge in [0.1, 0.15) is 5.69 Å². The van der Waals surface area contributed by atoms with Crippen molar-refractivity contribution in [3.63, 3.8) is 0 Å². The van der Waals surface area contributed by atoms with Gasteiger partial charge in [-0.1, -0.05) is 51.8 Å². The molecule has 2 aromatic carbocycles. The number of nitrogens with two attached hydrogens (primary N) is 1. The van der Waals surface area contributed by atoms with Gasteiger partial charge < -0.3 is 5.73 Å². The van der Waals surface area contributed by atoms with Gasteiger partial charge in [0.05, 0.1) is 12.2 Å². The Morgan fingerprint density at radius 2 is 1.90 bits per heavy atom. The molecule has 0 spiro atoms. The normalized spacial score (nSPS) is 10.8. The van der Waals surface area contributed by atoms with Crippen molar-refractivity contribution in [3.8, 4) is 11.3 Å². The van der Waals surface area contributed by atoms with E-state index in [-0.39, 0.29) is 0 Å². The van der Waals surface area contributed by atoms with Crippen LogP contribution in [0.15, 0.2) is 59.2 Å². The average Bonchev–Trinajstić information content (AvgIpc) is 2.80. The summed E-state index contributed by atoms with van der Waals surface area (Å²) in [6.45, 7) is 0.640. The van der Waals surface area contributed by atoms with Gasteiger partial charge in [-0.05, 0) is 29.8 Å². The number of hydrogen-bond donors (Lipinski definition) is 1. The molecular formula is C16H13BrClN3. The third kappa shape index (κ3) is 3.28. The number of benzene rings is 2. The van der Waals surface area contributed by atoms with Gasteiger partial charge in [0.25, 0.3) is 0 Å². The van der Waals surface area contributed by atoms with E-state index in [4.69, 9.17) is 17.3 Å². The predicted molar refractivity (Wildman–Crippen MR) is 90.3 cm³/mol. The van der Waals surface area contributed by atoms with Crippen LogP contribution >= 0.6 is 27.5 Å². The molecular weight excluding hydrogens is 350 g/mol. The van der Waals surface area contributed by atoms with E-state index in [2.05, 4.69) is 21.0 Å². The van der Waals surface area contributed by atoms with E-state index < -0.39 is 0 Å². The molecule has 1 heterocycles. The van der Waals surface area contributed by atoms with Crippen LogP contribution in [0.25, 0.3) is 11.3 Å². The fourth-order valence-electron chi connectivity index (χ4n) is 2.17. The smallest absolute Gasteiger partial charge is 0.115 e. The summed E-state index contributed by atoms with van der Waals surface area (Å²) < 4.78 is 2.86. The topological polar surface area (TPSA) is 43.8 Å². The molecule has 0 saturated heterocycles. The largest absolute Gasteiger partial charge is 0.396 e. The Hall–Kier alpha value is -1.78. The van der Waals surface area contributed by atoms with Gasteiger partial charge in [-0.25, -0.2) is 0 Å². The highest BCUT2D eigenvalue weighted by atomic mass is 79.9. The average molecular weight is 363 g/mol. The standard InChI is InChI=1S/C16H13BrClN3/c17-13-6-4-12(5-7-13)16-15(19)10-21(20-16)9-11-2-1-3-14(18)8-11/h1-8,10H,9,19H2. The first-order valence-corrected chi connectivity index (χ1v) is 7.62. The summed E-state index contributed by atoms with van der Waals surface area (Å²) in [6, 6.07) is 15.7. The molecule has 106 valence electrons. The lowest BCUT2D eigenvalue weighted by Gasteiger charge is -2.02. The monoisotopic (exact) mass is 361 g/mol. The lowest BCUT2D eigenvalue weighted by atomic mass is 10.1. The predicted octanol–water partition coefficient (Wildman–Crippen LogP) is 4.60. The molecule has 2 N–H and O–H groups in total. The van der Waals surface area contributed by atoms with E-state index in [9.17, 15) is 0 Å². The van der Waals surface area contributed by atoms with Crippen LogP contribution in [0.2, 0.25) is 5.02 Å². The van der Waals surface area contributed by atoms with E-state index in [1.54, 1.807) is 0 Å². The van der Waals surface area contributed by atoms with Crippen molar-refractivity contribution in [2.45, 2.75) is 6.54 Å². The minimum absolute atomic E-state index is 0.640. The Morgan fingerprint density at radius 1 is 1.14 bits per heavy atom. The Bertz CT molecular complexity index is 765. The number of rotatable bonds is 3. The molecule has 5 heteroatoms. The number of aromatic nitrogens is 2. The van der Waals surface area contributed by atoms with Crippen molar-refractivity contribution >= 4 is 33.2 Å². The summed E-state index contributed by atoms with van der Waals surface area (Å²) in [7, 11) is 0. The van der Waals surface area contributed by atoms with Crippen molar-refractivity contribution in [1.82, 2.24) is 9.78 Å². The van der Waals surface area contributed by atoms with E-state index in [0.29, 0.717) is 12.2 Å². The second-order valence-electron chi connectivity index (χ2n) is 4.77. The number of anilines is 1. The molecule has 0 amide bonds. The summed E-state index contributed by atoms with van der Waals surface area (Å²) >= 11 is 9.42. The van der Waals surface area contributed by atoms with Crippen LogP contribution in [0.5, 0.6) is 0 Å². The van der Waals surface area contributed by atoms with Crippen LogP contribution in [0.4, 0.5) is 5.69 Å². The first-order chi connectivity index (χ1) is 10.1. The molecule has 21 heavy (non-hydrogen) atoms. The van der Waals surface area contributed by atoms with Crippen LogP contribution in [0, 0.1) is 0 Å². The summed E-state index contributed by atoms with van der Waals surface area (Å²) in [5.74, 6) is 0. The van der Waals surface area contributed by atoms with Crippen molar-refractivity contribution in [3.05, 3.63) is 69.8 Å². The van der Waals surface area contributed by atoms with Crippen LogP contribution in [-0.4, -0.2) is 9.78 Å². The lowest BCUT2D eigenvalue weighted by Crippen LogP contribution is -2.00. The highest BCUT2D eigenvalue weighted by Gasteiger charge is 2.09. The van der Waals surface area contributed by atoms with Crippen molar-refractivity contribution in [2.24, 2.45) is 0 Å².